The molecule has 1 rings (SSSR count). The van der Waals surface area contributed by atoms with Crippen molar-refractivity contribution in [1.29, 1.82) is 5.26 Å². The van der Waals surface area contributed by atoms with Gasteiger partial charge in [-0.25, -0.2) is 0 Å². The molecule has 0 saturated carbocycles. The molecule has 0 fully saturated rings. The SMILES string of the molecule is CCN(CC(C)C)c1ccc(CNC(C)(C)C)cc1C#N. The van der Waals surface area contributed by atoms with Gasteiger partial charge in [0.1, 0.15) is 6.07 Å². The van der Waals surface area contributed by atoms with Gasteiger partial charge in [-0.3, -0.25) is 0 Å². The Morgan fingerprint density at radius 1 is 1.29 bits per heavy atom. The van der Waals surface area contributed by atoms with Crippen molar-refractivity contribution in [2.45, 2.75) is 53.6 Å². The van der Waals surface area contributed by atoms with E-state index in [1.165, 1.54) is 0 Å². The van der Waals surface area contributed by atoms with Crippen LogP contribution in [0, 0.1) is 17.2 Å². The van der Waals surface area contributed by atoms with Crippen molar-refractivity contribution in [3.63, 3.8) is 0 Å². The molecule has 3 nitrogen and oxygen atoms in total. The molecular weight excluding hydrogens is 258 g/mol. The quantitative estimate of drug-likeness (QED) is 0.861. The minimum Gasteiger partial charge on any atom is -0.370 e. The average molecular weight is 287 g/mol. The Labute approximate surface area is 130 Å². The van der Waals surface area contributed by atoms with Crippen LogP contribution in [0.25, 0.3) is 0 Å². The zero-order valence-electron chi connectivity index (χ0n) is 14.3. The molecule has 0 aromatic heterocycles. The van der Waals surface area contributed by atoms with Gasteiger partial charge in [-0.05, 0) is 51.3 Å². The number of rotatable bonds is 6. The molecule has 1 aromatic carbocycles. The standard InChI is InChI=1S/C18H29N3/c1-7-21(13-14(2)3)17-9-8-15(10-16(17)11-19)12-20-18(4,5)6/h8-10,14,20H,7,12-13H2,1-6H3. The van der Waals surface area contributed by atoms with Gasteiger partial charge in [0.05, 0.1) is 11.3 Å². The molecule has 0 aliphatic rings. The van der Waals surface area contributed by atoms with Gasteiger partial charge in [0, 0.05) is 25.2 Å². The van der Waals surface area contributed by atoms with Gasteiger partial charge in [0.25, 0.3) is 0 Å². The van der Waals surface area contributed by atoms with Gasteiger partial charge in [-0.15, -0.1) is 0 Å². The molecule has 0 bridgehead atoms. The molecule has 0 saturated heterocycles. The molecule has 0 amide bonds. The first-order valence-corrected chi connectivity index (χ1v) is 7.79. The van der Waals surface area contributed by atoms with Crippen LogP contribution in [-0.2, 0) is 6.54 Å². The van der Waals surface area contributed by atoms with Gasteiger partial charge in [-0.2, -0.15) is 5.26 Å². The fourth-order valence-corrected chi connectivity index (χ4v) is 2.26. The Morgan fingerprint density at radius 3 is 2.43 bits per heavy atom. The van der Waals surface area contributed by atoms with Crippen molar-refractivity contribution in [3.05, 3.63) is 29.3 Å². The van der Waals surface area contributed by atoms with Crippen LogP contribution in [0.5, 0.6) is 0 Å². The van der Waals surface area contributed by atoms with Crippen LogP contribution in [0.4, 0.5) is 5.69 Å². The van der Waals surface area contributed by atoms with E-state index in [-0.39, 0.29) is 5.54 Å². The summed E-state index contributed by atoms with van der Waals surface area (Å²) in [5, 5.41) is 12.9. The zero-order chi connectivity index (χ0) is 16.0. The van der Waals surface area contributed by atoms with Gasteiger partial charge in [0.15, 0.2) is 0 Å². The van der Waals surface area contributed by atoms with Crippen molar-refractivity contribution in [2.24, 2.45) is 5.92 Å². The molecule has 21 heavy (non-hydrogen) atoms. The number of nitrogens with one attached hydrogen (secondary N) is 1. The maximum absolute atomic E-state index is 9.45. The normalized spacial score (nSPS) is 11.5. The molecule has 0 unspecified atom stereocenters. The van der Waals surface area contributed by atoms with Crippen LogP contribution < -0.4 is 10.2 Å². The number of nitrogens with zero attached hydrogens (tertiary/aromatic N) is 2. The Morgan fingerprint density at radius 2 is 1.95 bits per heavy atom. The Hall–Kier alpha value is -1.53. The van der Waals surface area contributed by atoms with Crippen molar-refractivity contribution in [3.8, 4) is 6.07 Å². The third-order valence-corrected chi connectivity index (χ3v) is 3.31. The summed E-state index contributed by atoms with van der Waals surface area (Å²) in [6.07, 6.45) is 0. The first-order valence-electron chi connectivity index (χ1n) is 7.79. The van der Waals surface area contributed by atoms with E-state index >= 15 is 0 Å². The molecule has 1 aromatic rings. The van der Waals surface area contributed by atoms with Crippen LogP contribution in [0.15, 0.2) is 18.2 Å². The van der Waals surface area contributed by atoms with Crippen LogP contribution in [0.3, 0.4) is 0 Å². The summed E-state index contributed by atoms with van der Waals surface area (Å²) in [5.74, 6) is 0.582. The maximum atomic E-state index is 9.45. The third-order valence-electron chi connectivity index (χ3n) is 3.31. The summed E-state index contributed by atoms with van der Waals surface area (Å²) in [4.78, 5) is 2.28. The summed E-state index contributed by atoms with van der Waals surface area (Å²) in [7, 11) is 0. The molecule has 0 aliphatic heterocycles. The molecule has 0 heterocycles. The molecule has 0 atom stereocenters. The van der Waals surface area contributed by atoms with Crippen LogP contribution in [0.2, 0.25) is 0 Å². The van der Waals surface area contributed by atoms with Crippen LogP contribution in [0.1, 0.15) is 52.7 Å². The summed E-state index contributed by atoms with van der Waals surface area (Å²) in [6, 6.07) is 8.57. The van der Waals surface area contributed by atoms with Gasteiger partial charge < -0.3 is 10.2 Å². The highest BCUT2D eigenvalue weighted by atomic mass is 15.1. The minimum absolute atomic E-state index is 0.0819. The predicted molar refractivity (Wildman–Crippen MR) is 90.5 cm³/mol. The topological polar surface area (TPSA) is 39.1 Å². The van der Waals surface area contributed by atoms with Gasteiger partial charge in [-0.1, -0.05) is 19.9 Å². The number of hydrogen-bond donors (Lipinski definition) is 1. The van der Waals surface area contributed by atoms with E-state index in [0.717, 1.165) is 36.4 Å². The Kier molecular flexibility index (Phi) is 6.23. The molecular formula is C18H29N3. The van der Waals surface area contributed by atoms with E-state index < -0.39 is 0 Å². The van der Waals surface area contributed by atoms with E-state index in [1.807, 2.05) is 6.07 Å². The largest absolute Gasteiger partial charge is 0.370 e. The lowest BCUT2D eigenvalue weighted by Gasteiger charge is -2.26. The van der Waals surface area contributed by atoms with E-state index in [0.29, 0.717) is 5.92 Å². The molecule has 0 spiro atoms. The first-order chi connectivity index (χ1) is 9.76. The third kappa shape index (κ3) is 5.77. The van der Waals surface area contributed by atoms with Crippen molar-refractivity contribution in [1.82, 2.24) is 5.32 Å². The molecule has 3 heteroatoms. The van der Waals surface area contributed by atoms with Crippen LogP contribution >= 0.6 is 0 Å². The van der Waals surface area contributed by atoms with Gasteiger partial charge in [0.2, 0.25) is 0 Å². The highest BCUT2D eigenvalue weighted by Gasteiger charge is 2.13. The van der Waals surface area contributed by atoms with Crippen molar-refractivity contribution >= 4 is 5.69 Å². The Balaban J connectivity index is 2.96. The lowest BCUT2D eigenvalue weighted by Crippen LogP contribution is -2.35. The number of nitriles is 1. The summed E-state index contributed by atoms with van der Waals surface area (Å²) in [5.41, 5.74) is 3.06. The van der Waals surface area contributed by atoms with E-state index in [9.17, 15) is 5.26 Å². The molecule has 0 radical (unpaired) electrons. The maximum Gasteiger partial charge on any atom is 0.101 e. The second kappa shape index (κ2) is 7.47. The molecule has 0 aliphatic carbocycles. The highest BCUT2D eigenvalue weighted by molar-refractivity contribution is 5.60. The van der Waals surface area contributed by atoms with E-state index in [4.69, 9.17) is 0 Å². The fourth-order valence-electron chi connectivity index (χ4n) is 2.26. The highest BCUT2D eigenvalue weighted by Crippen LogP contribution is 2.22. The Bertz CT molecular complexity index is 492. The summed E-state index contributed by atoms with van der Waals surface area (Å²) < 4.78 is 0. The van der Waals surface area contributed by atoms with E-state index in [2.05, 4.69) is 70.0 Å². The lowest BCUT2D eigenvalue weighted by atomic mass is 10.0. The zero-order valence-corrected chi connectivity index (χ0v) is 14.3. The minimum atomic E-state index is 0.0819. The lowest BCUT2D eigenvalue weighted by molar-refractivity contribution is 0.424. The number of benzene rings is 1. The second-order valence-corrected chi connectivity index (χ2v) is 7.00. The predicted octanol–water partition coefficient (Wildman–Crippen LogP) is 3.93. The average Bonchev–Trinajstić information content (AvgIpc) is 2.41. The van der Waals surface area contributed by atoms with E-state index in [1.54, 1.807) is 0 Å². The monoisotopic (exact) mass is 287 g/mol. The smallest absolute Gasteiger partial charge is 0.101 e. The summed E-state index contributed by atoms with van der Waals surface area (Å²) in [6.45, 7) is 15.7. The van der Waals surface area contributed by atoms with Crippen molar-refractivity contribution < 1.29 is 0 Å². The molecule has 116 valence electrons. The fraction of sp³-hybridized carbons (Fsp3) is 0.611. The van der Waals surface area contributed by atoms with Gasteiger partial charge >= 0.3 is 0 Å². The number of hydrogen-bond acceptors (Lipinski definition) is 3. The van der Waals surface area contributed by atoms with Crippen LogP contribution in [-0.4, -0.2) is 18.6 Å². The number of anilines is 1. The summed E-state index contributed by atoms with van der Waals surface area (Å²) >= 11 is 0. The second-order valence-electron chi connectivity index (χ2n) is 7.00. The van der Waals surface area contributed by atoms with Crippen molar-refractivity contribution in [2.75, 3.05) is 18.0 Å². The molecule has 1 N–H and O–H groups in total. The first kappa shape index (κ1) is 17.5.